The highest BCUT2D eigenvalue weighted by Gasteiger charge is 2.23. The van der Waals surface area contributed by atoms with Crippen molar-refractivity contribution in [2.45, 2.75) is 44.6 Å². The van der Waals surface area contributed by atoms with Gasteiger partial charge in [-0.2, -0.15) is 0 Å². The first-order valence-corrected chi connectivity index (χ1v) is 5.84. The molecule has 1 aliphatic carbocycles. The smallest absolute Gasteiger partial charge is 0.0443 e. The molecule has 0 aromatic rings. The predicted molar refractivity (Wildman–Crippen MR) is 57.2 cm³/mol. The molecule has 84 valence electrons. The average Bonchev–Trinajstić information content (AvgIpc) is 2.11. The minimum absolute atomic E-state index is 0.295. The van der Waals surface area contributed by atoms with E-state index in [-0.39, 0.29) is 0 Å². The van der Waals surface area contributed by atoms with Crippen LogP contribution in [-0.4, -0.2) is 47.5 Å². The van der Waals surface area contributed by atoms with Gasteiger partial charge in [-0.25, -0.2) is 0 Å². The summed E-state index contributed by atoms with van der Waals surface area (Å²) in [4.78, 5) is 2.48. The molecule has 3 nitrogen and oxygen atoms in total. The van der Waals surface area contributed by atoms with E-state index in [0.29, 0.717) is 13.2 Å². The van der Waals surface area contributed by atoms with Crippen LogP contribution in [0, 0.1) is 0 Å². The van der Waals surface area contributed by atoms with Crippen LogP contribution in [0.4, 0.5) is 0 Å². The molecule has 0 amide bonds. The fourth-order valence-corrected chi connectivity index (χ4v) is 1.93. The van der Waals surface area contributed by atoms with Crippen molar-refractivity contribution in [1.82, 2.24) is 4.90 Å². The van der Waals surface area contributed by atoms with Crippen molar-refractivity contribution < 1.29 is 10.2 Å². The number of unbranched alkanes of at least 4 members (excludes halogenated alkanes) is 1. The Morgan fingerprint density at radius 3 is 2.07 bits per heavy atom. The van der Waals surface area contributed by atoms with E-state index in [1.54, 1.807) is 0 Å². The Morgan fingerprint density at radius 2 is 1.57 bits per heavy atom. The maximum Gasteiger partial charge on any atom is 0.0443 e. The standard InChI is InChI=1S/C11H23NO2/c13-9-2-1-7-12(8-4-10-14)11-5-3-6-11/h11,13-14H,1-10H2. The molecule has 3 heteroatoms. The van der Waals surface area contributed by atoms with E-state index >= 15 is 0 Å². The molecule has 0 spiro atoms. The lowest BCUT2D eigenvalue weighted by atomic mass is 9.91. The third-order valence-corrected chi connectivity index (χ3v) is 3.05. The second-order valence-corrected chi connectivity index (χ2v) is 4.13. The lowest BCUT2D eigenvalue weighted by molar-refractivity contribution is 0.112. The molecule has 14 heavy (non-hydrogen) atoms. The Hall–Kier alpha value is -0.120. The van der Waals surface area contributed by atoms with Crippen LogP contribution in [0.2, 0.25) is 0 Å². The molecule has 0 heterocycles. The Kier molecular flexibility index (Phi) is 6.15. The molecule has 0 aliphatic heterocycles. The van der Waals surface area contributed by atoms with Crippen LogP contribution in [0.15, 0.2) is 0 Å². The molecule has 1 saturated carbocycles. The number of aliphatic hydroxyl groups excluding tert-OH is 2. The largest absolute Gasteiger partial charge is 0.396 e. The van der Waals surface area contributed by atoms with E-state index < -0.39 is 0 Å². The van der Waals surface area contributed by atoms with Crippen molar-refractivity contribution in [2.75, 3.05) is 26.3 Å². The first-order valence-electron chi connectivity index (χ1n) is 5.84. The van der Waals surface area contributed by atoms with Crippen LogP contribution in [0.5, 0.6) is 0 Å². The summed E-state index contributed by atoms with van der Waals surface area (Å²) in [6.45, 7) is 2.71. The monoisotopic (exact) mass is 201 g/mol. The number of hydrogen-bond acceptors (Lipinski definition) is 3. The van der Waals surface area contributed by atoms with Crippen LogP contribution < -0.4 is 0 Å². The van der Waals surface area contributed by atoms with Gasteiger partial charge in [0, 0.05) is 25.8 Å². The molecule has 0 atom stereocenters. The summed E-state index contributed by atoms with van der Waals surface area (Å²) in [6.07, 6.45) is 6.88. The lowest BCUT2D eigenvalue weighted by Crippen LogP contribution is -2.41. The molecule has 0 radical (unpaired) electrons. The normalized spacial score (nSPS) is 17.4. The van der Waals surface area contributed by atoms with Gasteiger partial charge in [-0.15, -0.1) is 0 Å². The topological polar surface area (TPSA) is 43.7 Å². The van der Waals surface area contributed by atoms with E-state index in [9.17, 15) is 0 Å². The van der Waals surface area contributed by atoms with E-state index in [1.165, 1.54) is 19.3 Å². The van der Waals surface area contributed by atoms with Crippen LogP contribution in [0.1, 0.15) is 38.5 Å². The van der Waals surface area contributed by atoms with Gasteiger partial charge in [0.05, 0.1) is 0 Å². The highest BCUT2D eigenvalue weighted by atomic mass is 16.3. The summed E-state index contributed by atoms with van der Waals surface area (Å²) < 4.78 is 0. The Labute approximate surface area is 86.7 Å². The van der Waals surface area contributed by atoms with Gasteiger partial charge in [-0.3, -0.25) is 0 Å². The zero-order chi connectivity index (χ0) is 10.2. The summed E-state index contributed by atoms with van der Waals surface area (Å²) in [6, 6.07) is 0.764. The molecule has 0 unspecified atom stereocenters. The third-order valence-electron chi connectivity index (χ3n) is 3.05. The minimum Gasteiger partial charge on any atom is -0.396 e. The molecule has 0 bridgehead atoms. The van der Waals surface area contributed by atoms with Gasteiger partial charge in [-0.05, 0) is 38.6 Å². The van der Waals surface area contributed by atoms with Crippen molar-refractivity contribution in [1.29, 1.82) is 0 Å². The van der Waals surface area contributed by atoms with Gasteiger partial charge in [0.15, 0.2) is 0 Å². The molecule has 0 aromatic carbocycles. The van der Waals surface area contributed by atoms with Crippen LogP contribution in [-0.2, 0) is 0 Å². The number of nitrogens with zero attached hydrogens (tertiary/aromatic N) is 1. The second kappa shape index (κ2) is 7.21. The SMILES string of the molecule is OCCCCN(CCCO)C1CCC1. The molecule has 1 aliphatic rings. The summed E-state index contributed by atoms with van der Waals surface area (Å²) in [5.74, 6) is 0. The maximum atomic E-state index is 8.79. The first-order chi connectivity index (χ1) is 6.88. The van der Waals surface area contributed by atoms with Crippen LogP contribution in [0.3, 0.4) is 0 Å². The zero-order valence-electron chi connectivity index (χ0n) is 8.99. The number of hydrogen-bond donors (Lipinski definition) is 2. The maximum absolute atomic E-state index is 8.79. The van der Waals surface area contributed by atoms with Gasteiger partial charge in [0.2, 0.25) is 0 Å². The van der Waals surface area contributed by atoms with Crippen molar-refractivity contribution in [3.8, 4) is 0 Å². The Bertz CT molecular complexity index is 137. The highest BCUT2D eigenvalue weighted by Crippen LogP contribution is 2.25. The van der Waals surface area contributed by atoms with Crippen molar-refractivity contribution in [2.24, 2.45) is 0 Å². The predicted octanol–water partition coefficient (Wildman–Crippen LogP) is 0.996. The molecule has 1 rings (SSSR count). The van der Waals surface area contributed by atoms with Crippen molar-refractivity contribution in [3.63, 3.8) is 0 Å². The second-order valence-electron chi connectivity index (χ2n) is 4.13. The van der Waals surface area contributed by atoms with Gasteiger partial charge in [-0.1, -0.05) is 6.42 Å². The van der Waals surface area contributed by atoms with Crippen molar-refractivity contribution >= 4 is 0 Å². The van der Waals surface area contributed by atoms with Crippen LogP contribution in [0.25, 0.3) is 0 Å². The molecule has 1 fully saturated rings. The van der Waals surface area contributed by atoms with Gasteiger partial charge in [0.1, 0.15) is 0 Å². The van der Waals surface area contributed by atoms with Crippen LogP contribution >= 0.6 is 0 Å². The van der Waals surface area contributed by atoms with Gasteiger partial charge in [0.25, 0.3) is 0 Å². The minimum atomic E-state index is 0.295. The molecule has 0 aromatic heterocycles. The van der Waals surface area contributed by atoms with E-state index in [1.807, 2.05) is 0 Å². The molecule has 2 N–H and O–H groups in total. The summed E-state index contributed by atoms with van der Waals surface area (Å²) in [5, 5.41) is 17.5. The first kappa shape index (κ1) is 12.0. The summed E-state index contributed by atoms with van der Waals surface area (Å²) in [7, 11) is 0. The number of rotatable bonds is 8. The summed E-state index contributed by atoms with van der Waals surface area (Å²) in [5.41, 5.74) is 0. The highest BCUT2D eigenvalue weighted by molar-refractivity contribution is 4.79. The summed E-state index contributed by atoms with van der Waals surface area (Å²) >= 11 is 0. The van der Waals surface area contributed by atoms with Gasteiger partial charge < -0.3 is 15.1 Å². The fraction of sp³-hybridized carbons (Fsp3) is 1.00. The quantitative estimate of drug-likeness (QED) is 0.576. The number of aliphatic hydroxyl groups is 2. The molecule has 0 saturated heterocycles. The van der Waals surface area contributed by atoms with E-state index in [0.717, 1.165) is 38.4 Å². The Morgan fingerprint density at radius 1 is 0.929 bits per heavy atom. The molecular formula is C11H23NO2. The Balaban J connectivity index is 2.14. The zero-order valence-corrected chi connectivity index (χ0v) is 8.99. The van der Waals surface area contributed by atoms with E-state index in [2.05, 4.69) is 4.90 Å². The third kappa shape index (κ3) is 3.95. The van der Waals surface area contributed by atoms with Gasteiger partial charge >= 0.3 is 0 Å². The average molecular weight is 201 g/mol. The van der Waals surface area contributed by atoms with E-state index in [4.69, 9.17) is 10.2 Å². The molecular weight excluding hydrogens is 178 g/mol. The van der Waals surface area contributed by atoms with Crippen molar-refractivity contribution in [3.05, 3.63) is 0 Å². The lowest BCUT2D eigenvalue weighted by Gasteiger charge is -2.37. The fourth-order valence-electron chi connectivity index (χ4n) is 1.93.